The molecular weight excluding hydrogens is 250 g/mol. The molecule has 5 heteroatoms. The van der Waals surface area contributed by atoms with Gasteiger partial charge in [-0.15, -0.1) is 0 Å². The summed E-state index contributed by atoms with van der Waals surface area (Å²) in [6.07, 6.45) is 5.30. The number of anilines is 1. The van der Waals surface area contributed by atoms with Crippen LogP contribution < -0.4 is 4.72 Å². The standard InChI is InChI=1S/C13H17NO3S/c15-10-11-6-8-12(9-7-11)14-18(16,17)13-4-2-1-3-5-13/h6-10,13-14H,1-5H2. The number of nitrogens with one attached hydrogen (secondary N) is 1. The highest BCUT2D eigenvalue weighted by Gasteiger charge is 2.26. The molecule has 1 aromatic carbocycles. The molecule has 0 aromatic heterocycles. The van der Waals surface area contributed by atoms with Crippen LogP contribution in [0.4, 0.5) is 5.69 Å². The first-order valence-electron chi connectivity index (χ1n) is 6.19. The minimum absolute atomic E-state index is 0.281. The van der Waals surface area contributed by atoms with E-state index in [-0.39, 0.29) is 5.25 Å². The predicted molar refractivity (Wildman–Crippen MR) is 71.2 cm³/mol. The molecule has 0 radical (unpaired) electrons. The lowest BCUT2D eigenvalue weighted by molar-refractivity contribution is 0.112. The summed E-state index contributed by atoms with van der Waals surface area (Å²) < 4.78 is 26.9. The van der Waals surface area contributed by atoms with Gasteiger partial charge >= 0.3 is 0 Å². The Morgan fingerprint density at radius 3 is 2.22 bits per heavy atom. The van der Waals surface area contributed by atoms with E-state index in [9.17, 15) is 13.2 Å². The third kappa shape index (κ3) is 3.10. The SMILES string of the molecule is O=Cc1ccc(NS(=O)(=O)C2CCCCC2)cc1. The smallest absolute Gasteiger partial charge is 0.235 e. The van der Waals surface area contributed by atoms with Gasteiger partial charge in [-0.3, -0.25) is 9.52 Å². The van der Waals surface area contributed by atoms with E-state index < -0.39 is 10.0 Å². The number of rotatable bonds is 4. The van der Waals surface area contributed by atoms with Crippen molar-refractivity contribution >= 4 is 22.0 Å². The van der Waals surface area contributed by atoms with E-state index in [1.54, 1.807) is 24.3 Å². The van der Waals surface area contributed by atoms with Crippen LogP contribution in [-0.4, -0.2) is 20.0 Å². The lowest BCUT2D eigenvalue weighted by Crippen LogP contribution is -2.29. The zero-order chi connectivity index (χ0) is 13.0. The molecule has 1 aliphatic rings. The van der Waals surface area contributed by atoms with Gasteiger partial charge in [0.15, 0.2) is 0 Å². The molecular formula is C13H17NO3S. The number of carbonyl (C=O) groups excluding carboxylic acids is 1. The molecule has 1 aromatic rings. The van der Waals surface area contributed by atoms with Crippen molar-refractivity contribution in [2.45, 2.75) is 37.4 Å². The van der Waals surface area contributed by atoms with Crippen LogP contribution >= 0.6 is 0 Å². The maximum Gasteiger partial charge on any atom is 0.235 e. The summed E-state index contributed by atoms with van der Waals surface area (Å²) in [6, 6.07) is 6.44. The fourth-order valence-corrected chi connectivity index (χ4v) is 3.84. The third-order valence-corrected chi connectivity index (χ3v) is 5.17. The zero-order valence-corrected chi connectivity index (χ0v) is 10.9. The summed E-state index contributed by atoms with van der Waals surface area (Å²) in [5.74, 6) is 0. The van der Waals surface area contributed by atoms with Gasteiger partial charge in [-0.25, -0.2) is 8.42 Å². The molecule has 4 nitrogen and oxygen atoms in total. The summed E-state index contributed by atoms with van der Waals surface area (Å²) in [6.45, 7) is 0. The minimum Gasteiger partial charge on any atom is -0.298 e. The number of carbonyl (C=O) groups is 1. The molecule has 18 heavy (non-hydrogen) atoms. The zero-order valence-electron chi connectivity index (χ0n) is 10.1. The highest BCUT2D eigenvalue weighted by atomic mass is 32.2. The van der Waals surface area contributed by atoms with E-state index in [2.05, 4.69) is 4.72 Å². The summed E-state index contributed by atoms with van der Waals surface area (Å²) in [5, 5.41) is -0.281. The van der Waals surface area contributed by atoms with Crippen LogP contribution in [0.3, 0.4) is 0 Å². The summed E-state index contributed by atoms with van der Waals surface area (Å²) in [4.78, 5) is 10.5. The molecule has 1 fully saturated rings. The average molecular weight is 267 g/mol. The summed E-state index contributed by atoms with van der Waals surface area (Å²) >= 11 is 0. The Morgan fingerprint density at radius 1 is 1.06 bits per heavy atom. The van der Waals surface area contributed by atoms with Crippen LogP contribution in [-0.2, 0) is 10.0 Å². The van der Waals surface area contributed by atoms with Gasteiger partial charge in [-0.05, 0) is 37.1 Å². The topological polar surface area (TPSA) is 63.2 Å². The van der Waals surface area contributed by atoms with Gasteiger partial charge in [0.05, 0.1) is 5.25 Å². The summed E-state index contributed by atoms with van der Waals surface area (Å²) in [5.41, 5.74) is 1.06. The molecule has 0 unspecified atom stereocenters. The van der Waals surface area contributed by atoms with Crippen molar-refractivity contribution in [1.82, 2.24) is 0 Å². The van der Waals surface area contributed by atoms with Crippen LogP contribution in [0.15, 0.2) is 24.3 Å². The van der Waals surface area contributed by atoms with E-state index >= 15 is 0 Å². The Balaban J connectivity index is 2.08. The molecule has 1 aliphatic carbocycles. The second kappa shape index (κ2) is 5.52. The molecule has 0 saturated heterocycles. The number of benzene rings is 1. The van der Waals surface area contributed by atoms with Gasteiger partial charge in [0, 0.05) is 11.3 Å². The highest BCUT2D eigenvalue weighted by Crippen LogP contribution is 2.25. The van der Waals surface area contributed by atoms with Crippen LogP contribution in [0, 0.1) is 0 Å². The van der Waals surface area contributed by atoms with Crippen molar-refractivity contribution in [3.63, 3.8) is 0 Å². The van der Waals surface area contributed by atoms with Crippen molar-refractivity contribution in [2.75, 3.05) is 4.72 Å². The Morgan fingerprint density at radius 2 is 1.67 bits per heavy atom. The maximum absolute atomic E-state index is 12.1. The van der Waals surface area contributed by atoms with Crippen molar-refractivity contribution in [1.29, 1.82) is 0 Å². The van der Waals surface area contributed by atoms with Crippen LogP contribution in [0.5, 0.6) is 0 Å². The molecule has 0 amide bonds. The quantitative estimate of drug-likeness (QED) is 0.853. The molecule has 0 heterocycles. The van der Waals surface area contributed by atoms with Gasteiger partial charge in [0.1, 0.15) is 6.29 Å². The molecule has 1 saturated carbocycles. The monoisotopic (exact) mass is 267 g/mol. The van der Waals surface area contributed by atoms with Crippen molar-refractivity contribution < 1.29 is 13.2 Å². The first-order chi connectivity index (χ1) is 8.62. The second-order valence-corrected chi connectivity index (χ2v) is 6.61. The first-order valence-corrected chi connectivity index (χ1v) is 7.73. The van der Waals surface area contributed by atoms with Crippen molar-refractivity contribution in [3.8, 4) is 0 Å². The van der Waals surface area contributed by atoms with E-state index in [1.807, 2.05) is 0 Å². The van der Waals surface area contributed by atoms with E-state index in [1.165, 1.54) is 0 Å². The Kier molecular flexibility index (Phi) is 4.01. The fourth-order valence-electron chi connectivity index (χ4n) is 2.25. The van der Waals surface area contributed by atoms with E-state index in [4.69, 9.17) is 0 Å². The normalized spacial score (nSPS) is 17.3. The van der Waals surface area contributed by atoms with Crippen LogP contribution in [0.25, 0.3) is 0 Å². The largest absolute Gasteiger partial charge is 0.298 e. The Bertz CT molecular complexity index is 502. The number of hydrogen-bond donors (Lipinski definition) is 1. The third-order valence-electron chi connectivity index (χ3n) is 3.30. The number of aldehydes is 1. The molecule has 0 aliphatic heterocycles. The molecule has 0 bridgehead atoms. The summed E-state index contributed by atoms with van der Waals surface area (Å²) in [7, 11) is -3.29. The van der Waals surface area contributed by atoms with Gasteiger partial charge in [-0.1, -0.05) is 19.3 Å². The van der Waals surface area contributed by atoms with Gasteiger partial charge in [-0.2, -0.15) is 0 Å². The van der Waals surface area contributed by atoms with Crippen molar-refractivity contribution in [3.05, 3.63) is 29.8 Å². The van der Waals surface area contributed by atoms with E-state index in [0.717, 1.165) is 38.4 Å². The molecule has 1 N–H and O–H groups in total. The predicted octanol–water partition coefficient (Wildman–Crippen LogP) is 2.57. The molecule has 0 spiro atoms. The highest BCUT2D eigenvalue weighted by molar-refractivity contribution is 7.93. The Hall–Kier alpha value is -1.36. The van der Waals surface area contributed by atoms with Crippen LogP contribution in [0.1, 0.15) is 42.5 Å². The molecule has 0 atom stereocenters. The lowest BCUT2D eigenvalue weighted by atomic mass is 10.0. The second-order valence-electron chi connectivity index (χ2n) is 4.65. The van der Waals surface area contributed by atoms with Gasteiger partial charge in [0.25, 0.3) is 0 Å². The number of hydrogen-bond acceptors (Lipinski definition) is 3. The minimum atomic E-state index is -3.29. The van der Waals surface area contributed by atoms with Gasteiger partial charge < -0.3 is 0 Å². The average Bonchev–Trinajstić information content (AvgIpc) is 2.40. The van der Waals surface area contributed by atoms with Crippen molar-refractivity contribution in [2.24, 2.45) is 0 Å². The number of sulfonamides is 1. The maximum atomic E-state index is 12.1. The molecule has 98 valence electrons. The van der Waals surface area contributed by atoms with E-state index in [0.29, 0.717) is 11.3 Å². The first kappa shape index (κ1) is 13.1. The lowest BCUT2D eigenvalue weighted by Gasteiger charge is -2.22. The fraction of sp³-hybridized carbons (Fsp3) is 0.462. The van der Waals surface area contributed by atoms with Crippen LogP contribution in [0.2, 0.25) is 0 Å². The van der Waals surface area contributed by atoms with Gasteiger partial charge in [0.2, 0.25) is 10.0 Å². The molecule has 2 rings (SSSR count). The Labute approximate surface area is 107 Å².